The van der Waals surface area contributed by atoms with Crippen LogP contribution in [0.15, 0.2) is 59.8 Å². The van der Waals surface area contributed by atoms with Crippen LogP contribution in [0, 0.1) is 0 Å². The Morgan fingerprint density at radius 2 is 1.88 bits per heavy atom. The van der Waals surface area contributed by atoms with Crippen LogP contribution in [0.3, 0.4) is 0 Å². The van der Waals surface area contributed by atoms with Gasteiger partial charge in [0.15, 0.2) is 6.61 Å². The van der Waals surface area contributed by atoms with E-state index in [4.69, 9.17) is 9.57 Å². The molecule has 0 aliphatic carbocycles. The fraction of sp³-hybridized carbons (Fsp3) is 0.333. The molecule has 0 aliphatic heterocycles. The topological polar surface area (TPSA) is 59.9 Å². The highest BCUT2D eigenvalue weighted by Crippen LogP contribution is 2.10. The molecule has 5 heteroatoms. The van der Waals surface area contributed by atoms with Crippen LogP contribution in [-0.4, -0.2) is 31.4 Å². The van der Waals surface area contributed by atoms with E-state index in [1.807, 2.05) is 56.3 Å². The molecule has 0 saturated carbocycles. The average molecular weight is 354 g/mol. The molecule has 0 saturated heterocycles. The van der Waals surface area contributed by atoms with E-state index in [-0.39, 0.29) is 18.6 Å². The van der Waals surface area contributed by atoms with Gasteiger partial charge in [-0.3, -0.25) is 4.79 Å². The summed E-state index contributed by atoms with van der Waals surface area (Å²) in [7, 11) is 0. The summed E-state index contributed by atoms with van der Waals surface area (Å²) in [4.78, 5) is 16.9. The zero-order valence-corrected chi connectivity index (χ0v) is 15.4. The minimum Gasteiger partial charge on any atom is -0.494 e. The lowest BCUT2D eigenvalue weighted by atomic mass is 10.1. The minimum absolute atomic E-state index is 0.0846. The first-order valence-corrected chi connectivity index (χ1v) is 8.89. The molecule has 0 unspecified atom stereocenters. The second kappa shape index (κ2) is 10.9. The monoisotopic (exact) mass is 354 g/mol. The van der Waals surface area contributed by atoms with Crippen molar-refractivity contribution in [3.8, 4) is 5.75 Å². The van der Waals surface area contributed by atoms with Gasteiger partial charge in [-0.1, -0.05) is 35.5 Å². The summed E-state index contributed by atoms with van der Waals surface area (Å²) in [6.45, 7) is 4.47. The maximum absolute atomic E-state index is 11.9. The molecule has 0 aliphatic rings. The maximum atomic E-state index is 11.9. The van der Waals surface area contributed by atoms with Crippen LogP contribution < -0.4 is 10.1 Å². The molecule has 1 atom stereocenters. The van der Waals surface area contributed by atoms with Gasteiger partial charge in [0.1, 0.15) is 5.75 Å². The molecule has 1 amide bonds. The van der Waals surface area contributed by atoms with Crippen molar-refractivity contribution < 1.29 is 14.4 Å². The highest BCUT2D eigenvalue weighted by molar-refractivity contribution is 5.80. The Morgan fingerprint density at radius 1 is 1.15 bits per heavy atom. The van der Waals surface area contributed by atoms with Crippen LogP contribution in [0.25, 0.3) is 0 Å². The van der Waals surface area contributed by atoms with Crippen molar-refractivity contribution in [2.24, 2.45) is 5.16 Å². The maximum Gasteiger partial charge on any atom is 0.260 e. The Balaban J connectivity index is 1.64. The molecule has 0 fully saturated rings. The van der Waals surface area contributed by atoms with Gasteiger partial charge in [-0.15, -0.1) is 0 Å². The second-order valence-corrected chi connectivity index (χ2v) is 6.00. The Labute approximate surface area is 155 Å². The largest absolute Gasteiger partial charge is 0.494 e. The van der Waals surface area contributed by atoms with Crippen LogP contribution in [-0.2, 0) is 16.1 Å². The first-order valence-electron chi connectivity index (χ1n) is 8.89. The smallest absolute Gasteiger partial charge is 0.260 e. The normalized spacial score (nSPS) is 11.9. The molecule has 1 N–H and O–H groups in total. The van der Waals surface area contributed by atoms with Gasteiger partial charge < -0.3 is 14.9 Å². The summed E-state index contributed by atoms with van der Waals surface area (Å²) < 4.78 is 5.37. The van der Waals surface area contributed by atoms with Gasteiger partial charge in [-0.05, 0) is 62.1 Å². The number of hydrogen-bond acceptors (Lipinski definition) is 4. The van der Waals surface area contributed by atoms with Gasteiger partial charge in [0.2, 0.25) is 0 Å². The van der Waals surface area contributed by atoms with E-state index in [0.717, 1.165) is 24.2 Å². The average Bonchev–Trinajstić information content (AvgIpc) is 2.66. The second-order valence-electron chi connectivity index (χ2n) is 6.00. The van der Waals surface area contributed by atoms with Gasteiger partial charge in [0, 0.05) is 6.04 Å². The SMILES string of the molecule is CCOc1ccc(/C=N\OCC(=O)N[C@H](C)CCc2ccccc2)cc1. The molecule has 0 heterocycles. The lowest BCUT2D eigenvalue weighted by molar-refractivity contribution is -0.126. The van der Waals surface area contributed by atoms with Crippen LogP contribution in [0.1, 0.15) is 31.4 Å². The summed E-state index contributed by atoms with van der Waals surface area (Å²) >= 11 is 0. The Hall–Kier alpha value is -2.82. The van der Waals surface area contributed by atoms with Crippen molar-refractivity contribution >= 4 is 12.1 Å². The predicted molar refractivity (Wildman–Crippen MR) is 104 cm³/mol. The van der Waals surface area contributed by atoms with E-state index >= 15 is 0 Å². The van der Waals surface area contributed by atoms with E-state index in [2.05, 4.69) is 22.6 Å². The third kappa shape index (κ3) is 7.38. The van der Waals surface area contributed by atoms with Gasteiger partial charge in [0.25, 0.3) is 5.91 Å². The number of carbonyl (C=O) groups is 1. The molecule has 2 aromatic rings. The molecule has 5 nitrogen and oxygen atoms in total. The van der Waals surface area contributed by atoms with E-state index in [0.29, 0.717) is 6.61 Å². The quantitative estimate of drug-likeness (QED) is 0.524. The summed E-state index contributed by atoms with van der Waals surface area (Å²) in [5.41, 5.74) is 2.15. The molecular formula is C21H26N2O3. The minimum atomic E-state index is -0.172. The molecule has 138 valence electrons. The number of hydrogen-bond donors (Lipinski definition) is 1. The van der Waals surface area contributed by atoms with Crippen molar-refractivity contribution in [3.05, 3.63) is 65.7 Å². The van der Waals surface area contributed by atoms with Gasteiger partial charge in [-0.25, -0.2) is 0 Å². The highest BCUT2D eigenvalue weighted by atomic mass is 16.6. The first-order chi connectivity index (χ1) is 12.7. The van der Waals surface area contributed by atoms with Crippen molar-refractivity contribution in [2.75, 3.05) is 13.2 Å². The molecular weight excluding hydrogens is 328 g/mol. The molecule has 0 radical (unpaired) electrons. The lowest BCUT2D eigenvalue weighted by Crippen LogP contribution is -2.35. The van der Waals surface area contributed by atoms with Crippen LogP contribution in [0.2, 0.25) is 0 Å². The van der Waals surface area contributed by atoms with Crippen molar-refractivity contribution in [2.45, 2.75) is 32.7 Å². The number of benzene rings is 2. The molecule has 0 spiro atoms. The van der Waals surface area contributed by atoms with Gasteiger partial charge >= 0.3 is 0 Å². The molecule has 2 aromatic carbocycles. The number of ether oxygens (including phenoxy) is 1. The third-order valence-corrected chi connectivity index (χ3v) is 3.78. The zero-order chi connectivity index (χ0) is 18.6. The van der Waals surface area contributed by atoms with Crippen molar-refractivity contribution in [1.29, 1.82) is 0 Å². The van der Waals surface area contributed by atoms with Crippen molar-refractivity contribution in [3.63, 3.8) is 0 Å². The van der Waals surface area contributed by atoms with Gasteiger partial charge in [0.05, 0.1) is 12.8 Å². The Kier molecular flexibility index (Phi) is 8.19. The number of nitrogens with one attached hydrogen (secondary N) is 1. The van der Waals surface area contributed by atoms with Crippen LogP contribution in [0.5, 0.6) is 5.75 Å². The van der Waals surface area contributed by atoms with Crippen LogP contribution >= 0.6 is 0 Å². The van der Waals surface area contributed by atoms with E-state index in [9.17, 15) is 4.79 Å². The van der Waals surface area contributed by atoms with Gasteiger partial charge in [-0.2, -0.15) is 0 Å². The third-order valence-electron chi connectivity index (χ3n) is 3.78. The summed E-state index contributed by atoms with van der Waals surface area (Å²) in [6, 6.07) is 17.8. The molecule has 0 bridgehead atoms. The number of aryl methyl sites for hydroxylation is 1. The zero-order valence-electron chi connectivity index (χ0n) is 15.4. The fourth-order valence-corrected chi connectivity index (χ4v) is 2.43. The number of nitrogens with zero attached hydrogens (tertiary/aromatic N) is 1. The van der Waals surface area contributed by atoms with E-state index in [1.54, 1.807) is 6.21 Å². The van der Waals surface area contributed by atoms with E-state index in [1.165, 1.54) is 5.56 Å². The number of carbonyl (C=O) groups excluding carboxylic acids is 1. The number of rotatable bonds is 10. The summed E-state index contributed by atoms with van der Waals surface area (Å²) in [6.07, 6.45) is 3.38. The number of amides is 1. The first kappa shape index (κ1) is 19.5. The summed E-state index contributed by atoms with van der Waals surface area (Å²) in [5, 5.41) is 6.75. The Bertz CT molecular complexity index is 684. The fourth-order valence-electron chi connectivity index (χ4n) is 2.43. The summed E-state index contributed by atoms with van der Waals surface area (Å²) in [5.74, 6) is 0.642. The highest BCUT2D eigenvalue weighted by Gasteiger charge is 2.07. The molecule has 0 aromatic heterocycles. The number of oxime groups is 1. The standard InChI is InChI=1S/C21H26N2O3/c1-3-25-20-13-11-19(12-14-20)15-22-26-16-21(24)23-17(2)9-10-18-7-5-4-6-8-18/h4-8,11-15,17H,3,9-10,16H2,1-2H3,(H,23,24)/b22-15-/t17-/m1/s1. The Morgan fingerprint density at radius 3 is 2.58 bits per heavy atom. The molecule has 26 heavy (non-hydrogen) atoms. The van der Waals surface area contributed by atoms with Crippen LogP contribution in [0.4, 0.5) is 0 Å². The lowest BCUT2D eigenvalue weighted by Gasteiger charge is -2.13. The van der Waals surface area contributed by atoms with E-state index < -0.39 is 0 Å². The molecule has 2 rings (SSSR count). The predicted octanol–water partition coefficient (Wildman–Crippen LogP) is 3.57. The van der Waals surface area contributed by atoms with Crippen molar-refractivity contribution in [1.82, 2.24) is 5.32 Å².